The first-order chi connectivity index (χ1) is 12.0. The van der Waals surface area contributed by atoms with E-state index in [0.717, 1.165) is 23.4 Å². The van der Waals surface area contributed by atoms with Gasteiger partial charge in [0.15, 0.2) is 11.0 Å². The second kappa shape index (κ2) is 6.73. The standard InChI is InChI=1S/C16H12N4O4S/c1-19-14(10-5-3-2-4-6-10)17-18-16(19)25-11-7-8-13(20(23)24)12(9-11)15(21)22/h2-9H,1H3,(H,21,22)/p-1. The predicted molar refractivity (Wildman–Crippen MR) is 88.0 cm³/mol. The third-order valence-electron chi connectivity index (χ3n) is 3.46. The van der Waals surface area contributed by atoms with Crippen molar-refractivity contribution in [2.45, 2.75) is 10.1 Å². The quantitative estimate of drug-likeness (QED) is 0.507. The summed E-state index contributed by atoms with van der Waals surface area (Å²) in [5.41, 5.74) is -0.0868. The molecule has 1 heterocycles. The SMILES string of the molecule is Cn1c(Sc2ccc([N+](=O)[O-])c(C(=O)[O-])c2)nnc1-c1ccccc1. The molecule has 3 aromatic rings. The highest BCUT2D eigenvalue weighted by Crippen LogP contribution is 2.31. The van der Waals surface area contributed by atoms with Crippen LogP contribution >= 0.6 is 11.8 Å². The van der Waals surface area contributed by atoms with E-state index in [0.29, 0.717) is 15.9 Å². The van der Waals surface area contributed by atoms with Crippen LogP contribution in [0.2, 0.25) is 0 Å². The van der Waals surface area contributed by atoms with Crippen LogP contribution in [-0.4, -0.2) is 25.7 Å². The number of aromatic carboxylic acids is 1. The maximum atomic E-state index is 11.1. The van der Waals surface area contributed by atoms with Gasteiger partial charge >= 0.3 is 0 Å². The van der Waals surface area contributed by atoms with Crippen molar-refractivity contribution < 1.29 is 14.8 Å². The van der Waals surface area contributed by atoms with Crippen molar-refractivity contribution >= 4 is 23.4 Å². The Labute approximate surface area is 146 Å². The molecule has 0 aliphatic rings. The number of nitro benzene ring substituents is 1. The first kappa shape index (κ1) is 16.7. The van der Waals surface area contributed by atoms with Crippen LogP contribution in [0.15, 0.2) is 58.6 Å². The number of hydrogen-bond donors (Lipinski definition) is 0. The summed E-state index contributed by atoms with van der Waals surface area (Å²) in [4.78, 5) is 21.8. The van der Waals surface area contributed by atoms with E-state index in [1.165, 1.54) is 12.1 Å². The number of rotatable bonds is 5. The molecule has 2 aromatic carbocycles. The van der Waals surface area contributed by atoms with Gasteiger partial charge in [-0.2, -0.15) is 0 Å². The van der Waals surface area contributed by atoms with Gasteiger partial charge < -0.3 is 14.5 Å². The summed E-state index contributed by atoms with van der Waals surface area (Å²) in [6, 6.07) is 13.3. The Hall–Kier alpha value is -3.20. The van der Waals surface area contributed by atoms with Gasteiger partial charge in [-0.3, -0.25) is 10.1 Å². The largest absolute Gasteiger partial charge is 0.545 e. The zero-order chi connectivity index (χ0) is 18.0. The molecule has 25 heavy (non-hydrogen) atoms. The third kappa shape index (κ3) is 3.36. The average molecular weight is 355 g/mol. The first-order valence-corrected chi connectivity index (χ1v) is 7.91. The predicted octanol–water partition coefficient (Wildman–Crippen LogP) is 1.91. The highest BCUT2D eigenvalue weighted by molar-refractivity contribution is 7.99. The van der Waals surface area contributed by atoms with Crippen LogP contribution in [0.3, 0.4) is 0 Å². The molecule has 0 unspecified atom stereocenters. The van der Waals surface area contributed by atoms with Gasteiger partial charge in [-0.1, -0.05) is 30.3 Å². The highest BCUT2D eigenvalue weighted by Gasteiger charge is 2.17. The molecular formula is C16H11N4O4S-. The Balaban J connectivity index is 1.94. The third-order valence-corrected chi connectivity index (χ3v) is 4.49. The van der Waals surface area contributed by atoms with Crippen LogP contribution in [0, 0.1) is 10.1 Å². The fourth-order valence-electron chi connectivity index (χ4n) is 2.25. The van der Waals surface area contributed by atoms with Crippen LogP contribution in [0.25, 0.3) is 11.4 Å². The summed E-state index contributed by atoms with van der Waals surface area (Å²) in [5, 5.41) is 30.8. The molecule has 0 fully saturated rings. The number of carbonyl (C=O) groups is 1. The number of carbonyl (C=O) groups excluding carboxylic acids is 1. The molecule has 0 spiro atoms. The van der Waals surface area contributed by atoms with Crippen LogP contribution in [-0.2, 0) is 7.05 Å². The highest BCUT2D eigenvalue weighted by atomic mass is 32.2. The molecule has 3 rings (SSSR count). The number of aromatic nitrogens is 3. The second-order valence-corrected chi connectivity index (χ2v) is 6.10. The number of nitro groups is 1. The van der Waals surface area contributed by atoms with Gasteiger partial charge in [-0.05, 0) is 23.9 Å². The molecule has 9 heteroatoms. The summed E-state index contributed by atoms with van der Waals surface area (Å²) >= 11 is 1.16. The number of benzene rings is 2. The maximum absolute atomic E-state index is 11.1. The molecule has 0 amide bonds. The molecule has 0 bridgehead atoms. The second-order valence-electron chi connectivity index (χ2n) is 5.06. The van der Waals surface area contributed by atoms with Crippen molar-refractivity contribution in [1.82, 2.24) is 14.8 Å². The van der Waals surface area contributed by atoms with Gasteiger partial charge in [0, 0.05) is 23.6 Å². The molecule has 0 N–H and O–H groups in total. The molecule has 0 saturated heterocycles. The van der Waals surface area contributed by atoms with Crippen LogP contribution in [0.5, 0.6) is 0 Å². The zero-order valence-corrected chi connectivity index (χ0v) is 13.8. The number of nitrogens with zero attached hydrogens (tertiary/aromatic N) is 4. The lowest BCUT2D eigenvalue weighted by Crippen LogP contribution is -2.23. The summed E-state index contributed by atoms with van der Waals surface area (Å²) in [6.07, 6.45) is 0. The topological polar surface area (TPSA) is 114 Å². The molecule has 0 atom stereocenters. The summed E-state index contributed by atoms with van der Waals surface area (Å²) in [7, 11) is 1.79. The van der Waals surface area contributed by atoms with Crippen molar-refractivity contribution in [3.8, 4) is 11.4 Å². The lowest BCUT2D eigenvalue weighted by Gasteiger charge is -2.07. The summed E-state index contributed by atoms with van der Waals surface area (Å²) in [5.74, 6) is -0.942. The van der Waals surface area contributed by atoms with Gasteiger partial charge in [-0.25, -0.2) is 0 Å². The van der Waals surface area contributed by atoms with Crippen LogP contribution in [0.4, 0.5) is 5.69 Å². The van der Waals surface area contributed by atoms with E-state index in [1.807, 2.05) is 30.3 Å². The summed E-state index contributed by atoms with van der Waals surface area (Å²) in [6.45, 7) is 0. The minimum absolute atomic E-state index is 0.472. The molecule has 8 nitrogen and oxygen atoms in total. The molecule has 0 aliphatic heterocycles. The van der Waals surface area contributed by atoms with E-state index >= 15 is 0 Å². The Kier molecular flexibility index (Phi) is 4.48. The maximum Gasteiger partial charge on any atom is 0.278 e. The monoisotopic (exact) mass is 355 g/mol. The number of hydrogen-bond acceptors (Lipinski definition) is 7. The molecule has 0 aliphatic carbocycles. The molecule has 0 saturated carbocycles. The fourth-order valence-corrected chi connectivity index (χ4v) is 3.08. The Morgan fingerprint density at radius 3 is 2.52 bits per heavy atom. The normalized spacial score (nSPS) is 10.6. The van der Waals surface area contributed by atoms with Crippen molar-refractivity contribution in [2.24, 2.45) is 7.05 Å². The number of carboxylic acids is 1. The average Bonchev–Trinajstić information content (AvgIpc) is 2.96. The van der Waals surface area contributed by atoms with E-state index in [9.17, 15) is 20.0 Å². The summed E-state index contributed by atoms with van der Waals surface area (Å²) < 4.78 is 1.76. The van der Waals surface area contributed by atoms with E-state index < -0.39 is 22.1 Å². The molecule has 0 radical (unpaired) electrons. The number of carboxylic acid groups (broad SMARTS) is 1. The van der Waals surface area contributed by atoms with Gasteiger partial charge in [0.05, 0.1) is 16.5 Å². The van der Waals surface area contributed by atoms with Gasteiger partial charge in [0.1, 0.15) is 0 Å². The van der Waals surface area contributed by atoms with Gasteiger partial charge in [0.25, 0.3) is 5.69 Å². The smallest absolute Gasteiger partial charge is 0.278 e. The van der Waals surface area contributed by atoms with Crippen LogP contribution in [0.1, 0.15) is 10.4 Å². The van der Waals surface area contributed by atoms with Gasteiger partial charge in [-0.15, -0.1) is 10.2 Å². The Bertz CT molecular complexity index is 956. The molecule has 126 valence electrons. The molecular weight excluding hydrogens is 344 g/mol. The lowest BCUT2D eigenvalue weighted by atomic mass is 10.2. The van der Waals surface area contributed by atoms with Crippen molar-refractivity contribution in [3.05, 3.63) is 64.2 Å². The van der Waals surface area contributed by atoms with Crippen molar-refractivity contribution in [1.29, 1.82) is 0 Å². The first-order valence-electron chi connectivity index (χ1n) is 7.10. The van der Waals surface area contributed by atoms with Crippen LogP contribution < -0.4 is 5.11 Å². The molecule has 1 aromatic heterocycles. The lowest BCUT2D eigenvalue weighted by molar-refractivity contribution is -0.385. The van der Waals surface area contributed by atoms with Gasteiger partial charge in [0.2, 0.25) is 0 Å². The Morgan fingerprint density at radius 1 is 1.16 bits per heavy atom. The van der Waals surface area contributed by atoms with Crippen molar-refractivity contribution in [2.75, 3.05) is 0 Å². The Morgan fingerprint density at radius 2 is 1.88 bits per heavy atom. The zero-order valence-electron chi connectivity index (χ0n) is 12.9. The minimum Gasteiger partial charge on any atom is -0.545 e. The van der Waals surface area contributed by atoms with E-state index in [4.69, 9.17) is 0 Å². The van der Waals surface area contributed by atoms with E-state index in [-0.39, 0.29) is 0 Å². The van der Waals surface area contributed by atoms with Crippen molar-refractivity contribution in [3.63, 3.8) is 0 Å². The van der Waals surface area contributed by atoms with E-state index in [1.54, 1.807) is 11.6 Å². The van der Waals surface area contributed by atoms with E-state index in [2.05, 4.69) is 10.2 Å². The minimum atomic E-state index is -1.60. The fraction of sp³-hybridized carbons (Fsp3) is 0.0625.